The molecule has 0 aliphatic carbocycles. The number of aromatic nitrogens is 2. The van der Waals surface area contributed by atoms with Gasteiger partial charge in [0.1, 0.15) is 23.7 Å². The molecule has 9 heteroatoms. The van der Waals surface area contributed by atoms with Crippen LogP contribution in [0, 0.1) is 10.6 Å². The van der Waals surface area contributed by atoms with Crippen LogP contribution in [0.15, 0.2) is 4.47 Å². The fourth-order valence-corrected chi connectivity index (χ4v) is 2.10. The predicted molar refractivity (Wildman–Crippen MR) is 76.3 cm³/mol. The summed E-state index contributed by atoms with van der Waals surface area (Å²) in [5, 5.41) is 0. The molecule has 0 aliphatic heterocycles. The highest BCUT2D eigenvalue weighted by molar-refractivity contribution is 9.10. The summed E-state index contributed by atoms with van der Waals surface area (Å²) in [7, 11) is 0. The maximum Gasteiger partial charge on any atom is 0.330 e. The van der Waals surface area contributed by atoms with Crippen molar-refractivity contribution in [2.45, 2.75) is 39.2 Å². The predicted octanol–water partition coefficient (Wildman–Crippen LogP) is 4.52. The molecule has 0 aromatic carbocycles. The average molecular weight is 391 g/mol. The molecule has 0 fully saturated rings. The van der Waals surface area contributed by atoms with E-state index in [1.54, 1.807) is 0 Å². The third-order valence-electron chi connectivity index (χ3n) is 2.45. The Labute approximate surface area is 133 Å². The zero-order chi connectivity index (χ0) is 16.2. The van der Waals surface area contributed by atoms with Crippen LogP contribution in [-0.4, -0.2) is 28.9 Å². The van der Waals surface area contributed by atoms with Gasteiger partial charge >= 0.3 is 12.3 Å². The van der Waals surface area contributed by atoms with E-state index < -0.39 is 19.0 Å². The van der Waals surface area contributed by atoms with Crippen LogP contribution in [0.4, 0.5) is 17.6 Å². The number of aromatic amines is 1. The Morgan fingerprint density at radius 3 is 2.52 bits per heavy atom. The molecule has 0 radical (unpaired) electrons. The van der Waals surface area contributed by atoms with E-state index in [2.05, 4.69) is 30.6 Å². The number of alkyl halides is 4. The minimum atomic E-state index is -4.17. The van der Waals surface area contributed by atoms with Gasteiger partial charge in [0, 0.05) is 5.69 Å². The Hall–Kier alpha value is -0.540. The van der Waals surface area contributed by atoms with Gasteiger partial charge in [-0.3, -0.25) is 0 Å². The molecule has 0 atom stereocenters. The quantitative estimate of drug-likeness (QED) is 0.549. The third kappa shape index (κ3) is 5.63. The van der Waals surface area contributed by atoms with Crippen LogP contribution >= 0.6 is 28.1 Å². The molecule has 120 valence electrons. The second-order valence-electron chi connectivity index (χ2n) is 4.93. The van der Waals surface area contributed by atoms with E-state index in [4.69, 9.17) is 12.2 Å². The first-order valence-electron chi connectivity index (χ1n) is 6.14. The standard InChI is InChI=1S/C12H15BrF4N2OS/c1-6(2)3-7-9(13)10(21)19-8(18-7)4-20-5-12(16,17)11(14)15/h6,11H,3-5H2,1-2H3,(H,18,19,21). The molecule has 3 nitrogen and oxygen atoms in total. The molecular weight excluding hydrogens is 376 g/mol. The van der Waals surface area contributed by atoms with Gasteiger partial charge in [-0.25, -0.2) is 13.8 Å². The number of hydrogen-bond donors (Lipinski definition) is 1. The van der Waals surface area contributed by atoms with Crippen LogP contribution in [-0.2, 0) is 17.8 Å². The number of halogens is 5. The molecular formula is C12H15BrF4N2OS. The summed E-state index contributed by atoms with van der Waals surface area (Å²) in [6, 6.07) is 0. The van der Waals surface area contributed by atoms with Crippen LogP contribution in [0.5, 0.6) is 0 Å². The van der Waals surface area contributed by atoms with Crippen molar-refractivity contribution < 1.29 is 22.3 Å². The van der Waals surface area contributed by atoms with Crippen LogP contribution in [0.1, 0.15) is 25.4 Å². The van der Waals surface area contributed by atoms with Crippen molar-refractivity contribution in [3.05, 3.63) is 20.6 Å². The lowest BCUT2D eigenvalue weighted by molar-refractivity contribution is -0.168. The highest BCUT2D eigenvalue weighted by atomic mass is 79.9. The first kappa shape index (κ1) is 18.5. The summed E-state index contributed by atoms with van der Waals surface area (Å²) in [4.78, 5) is 6.88. The maximum absolute atomic E-state index is 12.7. The summed E-state index contributed by atoms with van der Waals surface area (Å²) in [6.45, 7) is 2.29. The lowest BCUT2D eigenvalue weighted by atomic mass is 10.1. The van der Waals surface area contributed by atoms with Crippen LogP contribution < -0.4 is 0 Å². The van der Waals surface area contributed by atoms with Gasteiger partial charge in [-0.05, 0) is 28.3 Å². The molecule has 0 unspecified atom stereocenters. The van der Waals surface area contributed by atoms with Gasteiger partial charge in [-0.2, -0.15) is 8.78 Å². The highest BCUT2D eigenvalue weighted by Gasteiger charge is 2.40. The van der Waals surface area contributed by atoms with E-state index in [1.165, 1.54) is 0 Å². The van der Waals surface area contributed by atoms with Crippen molar-refractivity contribution in [3.8, 4) is 0 Å². The molecule has 0 spiro atoms. The van der Waals surface area contributed by atoms with Crippen molar-refractivity contribution in [1.29, 1.82) is 0 Å². The second kappa shape index (κ2) is 7.64. The monoisotopic (exact) mass is 390 g/mol. The molecule has 1 aromatic heterocycles. The van der Waals surface area contributed by atoms with E-state index in [1.807, 2.05) is 13.8 Å². The van der Waals surface area contributed by atoms with Gasteiger partial charge in [0.25, 0.3) is 0 Å². The topological polar surface area (TPSA) is 37.9 Å². The Balaban J connectivity index is 2.76. The molecule has 21 heavy (non-hydrogen) atoms. The Morgan fingerprint density at radius 2 is 2.00 bits per heavy atom. The summed E-state index contributed by atoms with van der Waals surface area (Å²) >= 11 is 8.35. The van der Waals surface area contributed by atoms with Crippen LogP contribution in [0.2, 0.25) is 0 Å². The number of ether oxygens (including phenoxy) is 1. The highest BCUT2D eigenvalue weighted by Crippen LogP contribution is 2.23. The van der Waals surface area contributed by atoms with Gasteiger partial charge in [-0.1, -0.05) is 26.1 Å². The van der Waals surface area contributed by atoms with Crippen molar-refractivity contribution in [1.82, 2.24) is 9.97 Å². The summed E-state index contributed by atoms with van der Waals surface area (Å²) in [5.41, 5.74) is 0.768. The van der Waals surface area contributed by atoms with Crippen molar-refractivity contribution in [2.75, 3.05) is 6.61 Å². The zero-order valence-electron chi connectivity index (χ0n) is 11.4. The van der Waals surface area contributed by atoms with Gasteiger partial charge in [0.2, 0.25) is 0 Å². The maximum atomic E-state index is 12.7. The fourth-order valence-electron chi connectivity index (χ4n) is 1.52. The van der Waals surface area contributed by atoms with E-state index in [9.17, 15) is 17.6 Å². The summed E-state index contributed by atoms with van der Waals surface area (Å²) < 4.78 is 54.9. The van der Waals surface area contributed by atoms with Crippen LogP contribution in [0.3, 0.4) is 0 Å². The van der Waals surface area contributed by atoms with Crippen molar-refractivity contribution in [3.63, 3.8) is 0 Å². The number of H-pyrrole nitrogens is 1. The number of nitrogens with zero attached hydrogens (tertiary/aromatic N) is 1. The van der Waals surface area contributed by atoms with E-state index in [-0.39, 0.29) is 17.1 Å². The molecule has 0 aliphatic rings. The number of hydrogen-bond acceptors (Lipinski definition) is 3. The van der Waals surface area contributed by atoms with Crippen molar-refractivity contribution >= 4 is 28.1 Å². The van der Waals surface area contributed by atoms with Crippen molar-refractivity contribution in [2.24, 2.45) is 5.92 Å². The lowest BCUT2D eigenvalue weighted by Gasteiger charge is -2.15. The van der Waals surface area contributed by atoms with E-state index in [0.717, 1.165) is 5.69 Å². The van der Waals surface area contributed by atoms with Gasteiger partial charge in [0.05, 0.1) is 4.47 Å². The van der Waals surface area contributed by atoms with Gasteiger partial charge in [-0.15, -0.1) is 0 Å². The Bertz CT molecular complexity index is 536. The fraction of sp³-hybridized carbons (Fsp3) is 0.667. The molecule has 0 saturated carbocycles. The lowest BCUT2D eigenvalue weighted by Crippen LogP contribution is -2.32. The second-order valence-corrected chi connectivity index (χ2v) is 6.11. The molecule has 0 amide bonds. The average Bonchev–Trinajstić information content (AvgIpc) is 2.34. The molecule has 1 aromatic rings. The van der Waals surface area contributed by atoms with Crippen LogP contribution in [0.25, 0.3) is 0 Å². The zero-order valence-corrected chi connectivity index (χ0v) is 13.8. The molecule has 0 bridgehead atoms. The number of rotatable bonds is 7. The normalized spacial score (nSPS) is 12.4. The van der Waals surface area contributed by atoms with Gasteiger partial charge < -0.3 is 9.72 Å². The number of nitrogens with one attached hydrogen (secondary N) is 1. The smallest absolute Gasteiger partial charge is 0.330 e. The first-order valence-corrected chi connectivity index (χ1v) is 7.35. The molecule has 1 rings (SSSR count). The van der Waals surface area contributed by atoms with Gasteiger partial charge in [0.15, 0.2) is 0 Å². The first-order chi connectivity index (χ1) is 9.63. The minimum Gasteiger partial charge on any atom is -0.367 e. The SMILES string of the molecule is CC(C)Cc1[nH]c(COCC(F)(F)C(F)F)nc(=S)c1Br. The molecule has 1 N–H and O–H groups in total. The summed E-state index contributed by atoms with van der Waals surface area (Å²) in [6.07, 6.45) is -3.09. The Kier molecular flexibility index (Phi) is 6.73. The summed E-state index contributed by atoms with van der Waals surface area (Å²) in [5.74, 6) is -3.61. The largest absolute Gasteiger partial charge is 0.367 e. The minimum absolute atomic E-state index is 0.226. The third-order valence-corrected chi connectivity index (χ3v) is 3.86. The van der Waals surface area contributed by atoms with E-state index >= 15 is 0 Å². The van der Waals surface area contributed by atoms with E-state index in [0.29, 0.717) is 16.8 Å². The Morgan fingerprint density at radius 1 is 1.38 bits per heavy atom. The molecule has 0 saturated heterocycles. The molecule has 1 heterocycles.